The van der Waals surface area contributed by atoms with Gasteiger partial charge in [-0.15, -0.1) is 0 Å². The lowest BCUT2D eigenvalue weighted by molar-refractivity contribution is 0.101. The Hall–Kier alpha value is -2.36. The fourth-order valence-corrected chi connectivity index (χ4v) is 1.64. The quantitative estimate of drug-likeness (QED) is 0.677. The molecule has 98 valence electrons. The lowest BCUT2D eigenvalue weighted by Crippen LogP contribution is -2.01. The van der Waals surface area contributed by atoms with Gasteiger partial charge >= 0.3 is 0 Å². The van der Waals surface area contributed by atoms with Crippen molar-refractivity contribution in [2.75, 3.05) is 5.73 Å². The van der Waals surface area contributed by atoms with Crippen molar-refractivity contribution < 1.29 is 13.9 Å². The fourth-order valence-electron chi connectivity index (χ4n) is 1.64. The first-order valence-corrected chi connectivity index (χ1v) is 5.84. The number of carbonyl (C=O) groups excluding carboxylic acids is 1. The number of rotatable bonds is 4. The number of nitrogen functional groups attached to an aromatic ring is 1. The minimum absolute atomic E-state index is 0.0446. The lowest BCUT2D eigenvalue weighted by Gasteiger charge is -2.09. The molecule has 19 heavy (non-hydrogen) atoms. The van der Waals surface area contributed by atoms with E-state index in [4.69, 9.17) is 10.5 Å². The Balaban J connectivity index is 2.07. The number of carbonyl (C=O) groups is 1. The summed E-state index contributed by atoms with van der Waals surface area (Å²) >= 11 is 0. The Bertz CT molecular complexity index is 594. The maximum absolute atomic E-state index is 12.7. The summed E-state index contributed by atoms with van der Waals surface area (Å²) in [4.78, 5) is 11.2. The molecule has 0 amide bonds. The second-order valence-corrected chi connectivity index (χ2v) is 4.22. The number of hydrogen-bond donors (Lipinski definition) is 1. The van der Waals surface area contributed by atoms with E-state index in [-0.39, 0.29) is 11.6 Å². The van der Waals surface area contributed by atoms with Gasteiger partial charge in [0.15, 0.2) is 5.78 Å². The summed E-state index contributed by atoms with van der Waals surface area (Å²) < 4.78 is 18.3. The summed E-state index contributed by atoms with van der Waals surface area (Å²) in [6, 6.07) is 11.0. The van der Waals surface area contributed by atoms with E-state index < -0.39 is 0 Å². The van der Waals surface area contributed by atoms with Crippen molar-refractivity contribution in [1.29, 1.82) is 0 Å². The van der Waals surface area contributed by atoms with E-state index in [0.29, 0.717) is 23.6 Å². The van der Waals surface area contributed by atoms with Gasteiger partial charge in [0.1, 0.15) is 18.2 Å². The van der Waals surface area contributed by atoms with Crippen molar-refractivity contribution in [1.82, 2.24) is 0 Å². The largest absolute Gasteiger partial charge is 0.487 e. The van der Waals surface area contributed by atoms with E-state index in [1.54, 1.807) is 30.3 Å². The number of anilines is 1. The van der Waals surface area contributed by atoms with E-state index in [0.717, 1.165) is 5.56 Å². The average molecular weight is 259 g/mol. The molecule has 0 atom stereocenters. The van der Waals surface area contributed by atoms with Crippen molar-refractivity contribution in [3.8, 4) is 5.75 Å². The maximum atomic E-state index is 12.7. The summed E-state index contributed by atoms with van der Waals surface area (Å²) in [7, 11) is 0. The zero-order valence-electron chi connectivity index (χ0n) is 10.5. The van der Waals surface area contributed by atoms with E-state index >= 15 is 0 Å². The van der Waals surface area contributed by atoms with Gasteiger partial charge in [-0.3, -0.25) is 4.79 Å². The lowest BCUT2D eigenvalue weighted by atomic mass is 10.1. The smallest absolute Gasteiger partial charge is 0.159 e. The minimum atomic E-state index is -0.283. The molecule has 0 heterocycles. The Morgan fingerprint density at radius 3 is 2.47 bits per heavy atom. The van der Waals surface area contributed by atoms with Crippen LogP contribution in [0, 0.1) is 5.82 Å². The summed E-state index contributed by atoms with van der Waals surface area (Å²) in [6.07, 6.45) is 0. The molecule has 0 saturated heterocycles. The predicted octanol–water partition coefficient (Wildman–Crippen LogP) is 3.19. The first kappa shape index (κ1) is 13.1. The van der Waals surface area contributed by atoms with Crippen LogP contribution in [0.15, 0.2) is 42.5 Å². The van der Waals surface area contributed by atoms with E-state index in [2.05, 4.69) is 0 Å². The van der Waals surface area contributed by atoms with Crippen molar-refractivity contribution in [2.24, 2.45) is 0 Å². The highest BCUT2D eigenvalue weighted by Crippen LogP contribution is 2.23. The van der Waals surface area contributed by atoms with Gasteiger partial charge in [0.25, 0.3) is 0 Å². The third-order valence-electron chi connectivity index (χ3n) is 2.72. The molecule has 0 bridgehead atoms. The third kappa shape index (κ3) is 3.31. The van der Waals surface area contributed by atoms with Gasteiger partial charge in [0.2, 0.25) is 0 Å². The van der Waals surface area contributed by atoms with Crippen LogP contribution < -0.4 is 10.5 Å². The number of benzene rings is 2. The highest BCUT2D eigenvalue weighted by atomic mass is 19.1. The Labute approximate surface area is 110 Å². The van der Waals surface area contributed by atoms with Gasteiger partial charge in [0, 0.05) is 5.56 Å². The highest BCUT2D eigenvalue weighted by Gasteiger charge is 2.05. The predicted molar refractivity (Wildman–Crippen MR) is 71.6 cm³/mol. The Kier molecular flexibility index (Phi) is 3.80. The molecule has 2 N–H and O–H groups in total. The molecule has 0 unspecified atom stereocenters. The molecule has 2 rings (SSSR count). The summed E-state index contributed by atoms with van der Waals surface area (Å²) in [6.45, 7) is 1.78. The molecule has 0 aliphatic carbocycles. The Morgan fingerprint density at radius 2 is 1.89 bits per heavy atom. The van der Waals surface area contributed by atoms with Crippen molar-refractivity contribution in [3.05, 3.63) is 59.4 Å². The van der Waals surface area contributed by atoms with Gasteiger partial charge in [0.05, 0.1) is 5.69 Å². The molecule has 0 saturated carbocycles. The molecular formula is C15H14FNO2. The van der Waals surface area contributed by atoms with Gasteiger partial charge in [-0.1, -0.05) is 12.1 Å². The second kappa shape index (κ2) is 5.52. The van der Waals surface area contributed by atoms with Crippen molar-refractivity contribution in [3.63, 3.8) is 0 Å². The van der Waals surface area contributed by atoms with Crippen LogP contribution in [0.5, 0.6) is 5.75 Å². The average Bonchev–Trinajstić information content (AvgIpc) is 2.39. The molecule has 0 fully saturated rings. The normalized spacial score (nSPS) is 10.2. The summed E-state index contributed by atoms with van der Waals surface area (Å²) in [5, 5.41) is 0. The van der Waals surface area contributed by atoms with Crippen molar-refractivity contribution >= 4 is 11.5 Å². The minimum Gasteiger partial charge on any atom is -0.487 e. The van der Waals surface area contributed by atoms with Crippen molar-refractivity contribution in [2.45, 2.75) is 13.5 Å². The molecular weight excluding hydrogens is 245 g/mol. The van der Waals surface area contributed by atoms with Crippen LogP contribution in [0.25, 0.3) is 0 Å². The van der Waals surface area contributed by atoms with Gasteiger partial charge < -0.3 is 10.5 Å². The third-order valence-corrected chi connectivity index (χ3v) is 2.72. The molecule has 0 aliphatic heterocycles. The maximum Gasteiger partial charge on any atom is 0.159 e. The summed E-state index contributed by atoms with van der Waals surface area (Å²) in [5.41, 5.74) is 7.61. The number of nitrogens with two attached hydrogens (primary N) is 1. The number of ether oxygens (including phenoxy) is 1. The van der Waals surface area contributed by atoms with Crippen LogP contribution >= 0.6 is 0 Å². The fraction of sp³-hybridized carbons (Fsp3) is 0.133. The molecule has 0 radical (unpaired) electrons. The van der Waals surface area contributed by atoms with Gasteiger partial charge in [-0.05, 0) is 42.8 Å². The zero-order chi connectivity index (χ0) is 13.8. The summed E-state index contributed by atoms with van der Waals surface area (Å²) in [5.74, 6) is 0.181. The monoisotopic (exact) mass is 259 g/mol. The van der Waals surface area contributed by atoms with Crippen LogP contribution in [0.2, 0.25) is 0 Å². The van der Waals surface area contributed by atoms with Gasteiger partial charge in [-0.2, -0.15) is 0 Å². The van der Waals surface area contributed by atoms with Crippen LogP contribution in [-0.2, 0) is 6.61 Å². The molecule has 3 nitrogen and oxygen atoms in total. The number of ketones is 1. The number of hydrogen-bond acceptors (Lipinski definition) is 3. The standard InChI is InChI=1S/C15H14FNO2/c1-10(18)12-4-7-15(14(17)8-12)19-9-11-2-5-13(16)6-3-11/h2-8H,9,17H2,1H3. The highest BCUT2D eigenvalue weighted by molar-refractivity contribution is 5.95. The zero-order valence-corrected chi connectivity index (χ0v) is 10.5. The molecule has 0 aliphatic rings. The first-order chi connectivity index (χ1) is 9.06. The van der Waals surface area contributed by atoms with Crippen LogP contribution in [0.1, 0.15) is 22.8 Å². The SMILES string of the molecule is CC(=O)c1ccc(OCc2ccc(F)cc2)c(N)c1. The number of halogens is 1. The van der Waals surface area contributed by atoms with E-state index in [9.17, 15) is 9.18 Å². The van der Waals surface area contributed by atoms with Crippen LogP contribution in [0.3, 0.4) is 0 Å². The van der Waals surface area contributed by atoms with Crippen LogP contribution in [-0.4, -0.2) is 5.78 Å². The molecule has 0 spiro atoms. The first-order valence-electron chi connectivity index (χ1n) is 5.84. The molecule has 2 aromatic rings. The Morgan fingerprint density at radius 1 is 1.21 bits per heavy atom. The van der Waals surface area contributed by atoms with Gasteiger partial charge in [-0.25, -0.2) is 4.39 Å². The molecule has 4 heteroatoms. The molecule has 0 aromatic heterocycles. The van der Waals surface area contributed by atoms with E-state index in [1.165, 1.54) is 19.1 Å². The topological polar surface area (TPSA) is 52.3 Å². The second-order valence-electron chi connectivity index (χ2n) is 4.22. The number of Topliss-reactive ketones (excluding diaryl/α,β-unsaturated/α-hetero) is 1. The van der Waals surface area contributed by atoms with Crippen LogP contribution in [0.4, 0.5) is 10.1 Å². The van der Waals surface area contributed by atoms with E-state index in [1.807, 2.05) is 0 Å². The molecule has 2 aromatic carbocycles.